The van der Waals surface area contributed by atoms with Crippen LogP contribution in [0.4, 0.5) is 5.69 Å². The second kappa shape index (κ2) is 9.92. The molecule has 0 bridgehead atoms. The number of carbonyl (C=O) groups is 1. The molecule has 1 fully saturated rings. The quantitative estimate of drug-likeness (QED) is 0.568. The van der Waals surface area contributed by atoms with Crippen LogP contribution in [-0.4, -0.2) is 49.2 Å². The zero-order valence-electron chi connectivity index (χ0n) is 15.9. The predicted molar refractivity (Wildman–Crippen MR) is 117 cm³/mol. The van der Waals surface area contributed by atoms with Crippen molar-refractivity contribution in [2.24, 2.45) is 5.10 Å². The first-order valence-electron chi connectivity index (χ1n) is 9.34. The number of amides is 1. The fraction of sp³-hybridized carbons (Fsp3) is 0.333. The number of carbonyl (C=O) groups excluding carboxylic acids is 1. The Kier molecular flexibility index (Phi) is 7.31. The molecule has 0 saturated carbocycles. The Morgan fingerprint density at radius 3 is 2.50 bits per heavy atom. The van der Waals surface area contributed by atoms with Crippen LogP contribution in [0.1, 0.15) is 18.9 Å². The molecule has 7 heteroatoms. The minimum atomic E-state index is -0.108. The van der Waals surface area contributed by atoms with Gasteiger partial charge in [0.1, 0.15) is 0 Å². The smallest absolute Gasteiger partial charge is 0.241 e. The van der Waals surface area contributed by atoms with E-state index in [-0.39, 0.29) is 5.91 Å². The molecule has 0 aromatic heterocycles. The molecule has 1 N–H and O–H groups in total. The molecule has 0 aliphatic carbocycles. The van der Waals surface area contributed by atoms with Gasteiger partial charge < -0.3 is 4.90 Å². The van der Waals surface area contributed by atoms with Crippen LogP contribution in [0.3, 0.4) is 0 Å². The van der Waals surface area contributed by atoms with E-state index in [9.17, 15) is 4.79 Å². The second-order valence-corrected chi connectivity index (χ2v) is 7.61. The SMILES string of the molecule is C/C(=N/NC(=O)CCN1CCN(c2ccccc2)CC1)c1cc(Cl)ccc1Cl. The van der Waals surface area contributed by atoms with Crippen molar-refractivity contribution in [3.05, 3.63) is 64.1 Å². The van der Waals surface area contributed by atoms with E-state index in [0.717, 1.165) is 32.7 Å². The van der Waals surface area contributed by atoms with Gasteiger partial charge in [0.15, 0.2) is 0 Å². The summed E-state index contributed by atoms with van der Waals surface area (Å²) in [5, 5.41) is 5.29. The number of para-hydroxylation sites is 1. The average Bonchev–Trinajstić information content (AvgIpc) is 2.73. The fourth-order valence-corrected chi connectivity index (χ4v) is 3.59. The van der Waals surface area contributed by atoms with Gasteiger partial charge in [-0.25, -0.2) is 5.43 Å². The van der Waals surface area contributed by atoms with Crippen LogP contribution < -0.4 is 10.3 Å². The Morgan fingerprint density at radius 1 is 1.07 bits per heavy atom. The number of hydrogen-bond acceptors (Lipinski definition) is 4. The van der Waals surface area contributed by atoms with E-state index in [1.807, 2.05) is 6.07 Å². The van der Waals surface area contributed by atoms with Crippen LogP contribution in [0, 0.1) is 0 Å². The molecule has 148 valence electrons. The third-order valence-corrected chi connectivity index (χ3v) is 5.38. The van der Waals surface area contributed by atoms with Gasteiger partial charge in [0.25, 0.3) is 0 Å². The standard InChI is InChI=1S/C21H24Cl2N4O/c1-16(19-15-17(22)7-8-20(19)23)24-25-21(28)9-10-26-11-13-27(14-12-26)18-5-3-2-4-6-18/h2-8,15H,9-14H2,1H3,(H,25,28)/b24-16-. The molecule has 2 aromatic rings. The maximum Gasteiger partial charge on any atom is 0.241 e. The summed E-state index contributed by atoms with van der Waals surface area (Å²) < 4.78 is 0. The lowest BCUT2D eigenvalue weighted by Gasteiger charge is -2.36. The summed E-state index contributed by atoms with van der Waals surface area (Å²) in [6, 6.07) is 15.6. The van der Waals surface area contributed by atoms with Gasteiger partial charge in [-0.05, 0) is 37.3 Å². The minimum absolute atomic E-state index is 0.108. The number of hydrazone groups is 1. The van der Waals surface area contributed by atoms with E-state index in [2.05, 4.69) is 44.6 Å². The van der Waals surface area contributed by atoms with Gasteiger partial charge in [-0.1, -0.05) is 41.4 Å². The van der Waals surface area contributed by atoms with Crippen molar-refractivity contribution in [3.8, 4) is 0 Å². The Hall–Kier alpha value is -2.08. The van der Waals surface area contributed by atoms with E-state index in [1.165, 1.54) is 5.69 Å². The van der Waals surface area contributed by atoms with Gasteiger partial charge in [-0.15, -0.1) is 0 Å². The molecular formula is C21H24Cl2N4O. The molecule has 5 nitrogen and oxygen atoms in total. The summed E-state index contributed by atoms with van der Waals surface area (Å²) in [6.07, 6.45) is 0.408. The first-order valence-corrected chi connectivity index (χ1v) is 10.1. The third kappa shape index (κ3) is 5.71. The summed E-state index contributed by atoms with van der Waals surface area (Å²) in [6.45, 7) is 6.35. The molecule has 1 saturated heterocycles. The minimum Gasteiger partial charge on any atom is -0.369 e. The molecule has 0 radical (unpaired) electrons. The topological polar surface area (TPSA) is 47.9 Å². The summed E-state index contributed by atoms with van der Waals surface area (Å²) in [5.41, 5.74) is 5.20. The first-order chi connectivity index (χ1) is 13.5. The molecule has 0 spiro atoms. The van der Waals surface area contributed by atoms with Crippen molar-refractivity contribution in [2.45, 2.75) is 13.3 Å². The van der Waals surface area contributed by atoms with E-state index >= 15 is 0 Å². The Bertz CT molecular complexity index is 834. The molecule has 1 aliphatic rings. The molecule has 3 rings (SSSR count). The summed E-state index contributed by atoms with van der Waals surface area (Å²) in [4.78, 5) is 16.8. The third-order valence-electron chi connectivity index (χ3n) is 4.82. The second-order valence-electron chi connectivity index (χ2n) is 6.77. The number of nitrogens with one attached hydrogen (secondary N) is 1. The highest BCUT2D eigenvalue weighted by Gasteiger charge is 2.17. The maximum atomic E-state index is 12.1. The van der Waals surface area contributed by atoms with Crippen LogP contribution in [0.5, 0.6) is 0 Å². The molecule has 0 atom stereocenters. The van der Waals surface area contributed by atoms with Crippen molar-refractivity contribution in [1.29, 1.82) is 0 Å². The Balaban J connectivity index is 1.43. The highest BCUT2D eigenvalue weighted by Crippen LogP contribution is 2.21. The van der Waals surface area contributed by atoms with Crippen molar-refractivity contribution in [1.82, 2.24) is 10.3 Å². The molecule has 28 heavy (non-hydrogen) atoms. The fourth-order valence-electron chi connectivity index (χ4n) is 3.17. The van der Waals surface area contributed by atoms with Crippen LogP contribution in [0.25, 0.3) is 0 Å². The van der Waals surface area contributed by atoms with Crippen molar-refractivity contribution >= 4 is 40.5 Å². The zero-order valence-corrected chi connectivity index (χ0v) is 17.4. The lowest BCUT2D eigenvalue weighted by Crippen LogP contribution is -2.47. The molecule has 0 unspecified atom stereocenters. The number of nitrogens with zero attached hydrogens (tertiary/aromatic N) is 3. The lowest BCUT2D eigenvalue weighted by atomic mass is 10.1. The van der Waals surface area contributed by atoms with E-state index in [0.29, 0.717) is 27.7 Å². The van der Waals surface area contributed by atoms with E-state index in [4.69, 9.17) is 23.2 Å². The normalized spacial score (nSPS) is 15.5. The van der Waals surface area contributed by atoms with Gasteiger partial charge in [-0.2, -0.15) is 5.10 Å². The van der Waals surface area contributed by atoms with Crippen molar-refractivity contribution in [2.75, 3.05) is 37.6 Å². The lowest BCUT2D eigenvalue weighted by molar-refractivity contribution is -0.121. The van der Waals surface area contributed by atoms with Gasteiger partial charge >= 0.3 is 0 Å². The highest BCUT2D eigenvalue weighted by molar-refractivity contribution is 6.36. The van der Waals surface area contributed by atoms with Gasteiger partial charge in [0.2, 0.25) is 5.91 Å². The average molecular weight is 419 g/mol. The number of halogens is 2. The number of benzene rings is 2. The van der Waals surface area contributed by atoms with Crippen molar-refractivity contribution in [3.63, 3.8) is 0 Å². The zero-order chi connectivity index (χ0) is 19.9. The predicted octanol–water partition coefficient (Wildman–Crippen LogP) is 4.05. The van der Waals surface area contributed by atoms with Crippen molar-refractivity contribution < 1.29 is 4.79 Å². The van der Waals surface area contributed by atoms with Crippen LogP contribution in [0.15, 0.2) is 53.6 Å². The van der Waals surface area contributed by atoms with E-state index < -0.39 is 0 Å². The Labute approximate surface area is 175 Å². The first kappa shape index (κ1) is 20.6. The summed E-state index contributed by atoms with van der Waals surface area (Å²) >= 11 is 12.2. The number of piperazine rings is 1. The molecule has 1 amide bonds. The number of rotatable bonds is 6. The number of anilines is 1. The highest BCUT2D eigenvalue weighted by atomic mass is 35.5. The Morgan fingerprint density at radius 2 is 1.79 bits per heavy atom. The largest absolute Gasteiger partial charge is 0.369 e. The van der Waals surface area contributed by atoms with E-state index in [1.54, 1.807) is 25.1 Å². The summed E-state index contributed by atoms with van der Waals surface area (Å²) in [5.74, 6) is -0.108. The molecule has 1 aliphatic heterocycles. The van der Waals surface area contributed by atoms with Gasteiger partial charge in [0, 0.05) is 60.4 Å². The van der Waals surface area contributed by atoms with Gasteiger partial charge in [0.05, 0.1) is 5.71 Å². The molecule has 1 heterocycles. The van der Waals surface area contributed by atoms with Crippen LogP contribution >= 0.6 is 23.2 Å². The monoisotopic (exact) mass is 418 g/mol. The maximum absolute atomic E-state index is 12.1. The molecule has 2 aromatic carbocycles. The number of hydrogen-bond donors (Lipinski definition) is 1. The van der Waals surface area contributed by atoms with Gasteiger partial charge in [-0.3, -0.25) is 9.69 Å². The van der Waals surface area contributed by atoms with Crippen LogP contribution in [0.2, 0.25) is 10.0 Å². The molecular weight excluding hydrogens is 395 g/mol. The van der Waals surface area contributed by atoms with Crippen LogP contribution in [-0.2, 0) is 4.79 Å². The summed E-state index contributed by atoms with van der Waals surface area (Å²) in [7, 11) is 0.